The van der Waals surface area contributed by atoms with Gasteiger partial charge in [-0.05, 0) is 18.6 Å². The lowest BCUT2D eigenvalue weighted by Gasteiger charge is -2.04. The Bertz CT molecular complexity index is 512. The molecule has 0 aliphatic heterocycles. The van der Waals surface area contributed by atoms with E-state index >= 15 is 0 Å². The summed E-state index contributed by atoms with van der Waals surface area (Å²) in [5.74, 6) is 1.78. The first-order valence-corrected chi connectivity index (χ1v) is 5.16. The lowest BCUT2D eigenvalue weighted by Crippen LogP contribution is -1.99. The first-order chi connectivity index (χ1) is 7.00. The number of aromatic hydroxyl groups is 1. The lowest BCUT2D eigenvalue weighted by molar-refractivity contribution is 0.471. The highest BCUT2D eigenvalue weighted by Crippen LogP contribution is 2.26. The Kier molecular flexibility index (Phi) is 2.18. The molecule has 1 heterocycles. The Morgan fingerprint density at radius 1 is 1.33 bits per heavy atom. The zero-order valence-electron chi connectivity index (χ0n) is 9.57. The van der Waals surface area contributed by atoms with Gasteiger partial charge in [-0.3, -0.25) is 0 Å². The zero-order chi connectivity index (χ0) is 11.2. The van der Waals surface area contributed by atoms with E-state index in [2.05, 4.69) is 18.8 Å². The number of benzene rings is 1. The molecule has 0 amide bonds. The molecule has 0 aliphatic carbocycles. The van der Waals surface area contributed by atoms with Gasteiger partial charge >= 0.3 is 0 Å². The van der Waals surface area contributed by atoms with Gasteiger partial charge in [0, 0.05) is 19.0 Å². The molecule has 1 aromatic heterocycles. The number of aryl methyl sites for hydroxylation is 2. The van der Waals surface area contributed by atoms with Crippen LogP contribution in [0.1, 0.15) is 31.2 Å². The molecule has 2 aromatic rings. The van der Waals surface area contributed by atoms with E-state index in [1.807, 2.05) is 24.6 Å². The SMILES string of the molecule is Cc1cc2nc(C(C)C)n(C)c2cc1O. The summed E-state index contributed by atoms with van der Waals surface area (Å²) in [5, 5.41) is 9.65. The van der Waals surface area contributed by atoms with Crippen LogP contribution in [-0.4, -0.2) is 14.7 Å². The third-order valence-electron chi connectivity index (χ3n) is 2.75. The number of fused-ring (bicyclic) bond motifs is 1. The molecule has 1 N–H and O–H groups in total. The van der Waals surface area contributed by atoms with Gasteiger partial charge < -0.3 is 9.67 Å². The highest BCUT2D eigenvalue weighted by Gasteiger charge is 2.12. The second-order valence-corrected chi connectivity index (χ2v) is 4.31. The molecule has 15 heavy (non-hydrogen) atoms. The zero-order valence-corrected chi connectivity index (χ0v) is 9.57. The van der Waals surface area contributed by atoms with Crippen molar-refractivity contribution in [2.45, 2.75) is 26.7 Å². The minimum Gasteiger partial charge on any atom is -0.508 e. The van der Waals surface area contributed by atoms with Crippen molar-refractivity contribution < 1.29 is 5.11 Å². The van der Waals surface area contributed by atoms with Crippen LogP contribution in [0.2, 0.25) is 0 Å². The smallest absolute Gasteiger partial charge is 0.120 e. The molecule has 0 radical (unpaired) electrons. The fourth-order valence-electron chi connectivity index (χ4n) is 1.87. The Hall–Kier alpha value is -1.51. The van der Waals surface area contributed by atoms with Crippen molar-refractivity contribution in [3.8, 4) is 5.75 Å². The first kappa shape index (κ1) is 10.0. The summed E-state index contributed by atoms with van der Waals surface area (Å²) in [7, 11) is 1.99. The third-order valence-corrected chi connectivity index (χ3v) is 2.75. The fourth-order valence-corrected chi connectivity index (χ4v) is 1.87. The molecule has 80 valence electrons. The van der Waals surface area contributed by atoms with Crippen LogP contribution in [-0.2, 0) is 7.05 Å². The summed E-state index contributed by atoms with van der Waals surface area (Å²) in [6.45, 7) is 6.13. The number of hydrogen-bond acceptors (Lipinski definition) is 2. The van der Waals surface area contributed by atoms with Crippen molar-refractivity contribution in [3.63, 3.8) is 0 Å². The van der Waals surface area contributed by atoms with Gasteiger partial charge in [0.1, 0.15) is 11.6 Å². The second-order valence-electron chi connectivity index (χ2n) is 4.31. The summed E-state index contributed by atoms with van der Waals surface area (Å²) in [6.07, 6.45) is 0. The number of aromatic nitrogens is 2. The minimum absolute atomic E-state index is 0.334. The van der Waals surface area contributed by atoms with Crippen molar-refractivity contribution in [1.29, 1.82) is 0 Å². The molecule has 0 spiro atoms. The van der Waals surface area contributed by atoms with E-state index in [1.54, 1.807) is 6.07 Å². The molecular weight excluding hydrogens is 188 g/mol. The quantitative estimate of drug-likeness (QED) is 0.775. The van der Waals surface area contributed by atoms with Gasteiger partial charge in [0.2, 0.25) is 0 Å². The minimum atomic E-state index is 0.334. The Morgan fingerprint density at radius 3 is 2.60 bits per heavy atom. The molecule has 0 atom stereocenters. The summed E-state index contributed by atoms with van der Waals surface area (Å²) in [4.78, 5) is 4.57. The molecule has 3 nitrogen and oxygen atoms in total. The Morgan fingerprint density at radius 2 is 2.00 bits per heavy atom. The van der Waals surface area contributed by atoms with Gasteiger partial charge in [0.05, 0.1) is 11.0 Å². The third kappa shape index (κ3) is 1.48. The maximum absolute atomic E-state index is 9.65. The molecule has 0 bridgehead atoms. The van der Waals surface area contributed by atoms with E-state index in [0.29, 0.717) is 11.7 Å². The second kappa shape index (κ2) is 3.26. The van der Waals surface area contributed by atoms with Gasteiger partial charge in [-0.1, -0.05) is 13.8 Å². The summed E-state index contributed by atoms with van der Waals surface area (Å²) in [5.41, 5.74) is 2.81. The predicted molar refractivity (Wildman–Crippen MR) is 61.2 cm³/mol. The van der Waals surface area contributed by atoms with E-state index < -0.39 is 0 Å². The van der Waals surface area contributed by atoms with E-state index in [1.165, 1.54) is 0 Å². The number of nitrogens with zero attached hydrogens (tertiary/aromatic N) is 2. The molecule has 1 aromatic carbocycles. The molecule has 0 saturated carbocycles. The van der Waals surface area contributed by atoms with Crippen LogP contribution in [0.15, 0.2) is 12.1 Å². The van der Waals surface area contributed by atoms with Crippen LogP contribution in [0.3, 0.4) is 0 Å². The summed E-state index contributed by atoms with van der Waals surface area (Å²) in [6, 6.07) is 3.71. The van der Waals surface area contributed by atoms with Gasteiger partial charge in [0.25, 0.3) is 0 Å². The molecule has 0 aliphatic rings. The molecule has 0 unspecified atom stereocenters. The molecule has 0 saturated heterocycles. The van der Waals surface area contributed by atoms with Crippen molar-refractivity contribution in [2.75, 3.05) is 0 Å². The molecule has 2 rings (SSSR count). The van der Waals surface area contributed by atoms with Crippen LogP contribution in [0.5, 0.6) is 5.75 Å². The maximum Gasteiger partial charge on any atom is 0.120 e. The Labute approximate surface area is 89.4 Å². The van der Waals surface area contributed by atoms with Crippen LogP contribution >= 0.6 is 0 Å². The molecular formula is C12H16N2O. The van der Waals surface area contributed by atoms with Gasteiger partial charge in [-0.25, -0.2) is 4.98 Å². The van der Waals surface area contributed by atoms with Crippen molar-refractivity contribution in [2.24, 2.45) is 7.05 Å². The topological polar surface area (TPSA) is 38.0 Å². The number of imidazole rings is 1. The van der Waals surface area contributed by atoms with Crippen molar-refractivity contribution in [3.05, 3.63) is 23.5 Å². The van der Waals surface area contributed by atoms with E-state index in [9.17, 15) is 5.11 Å². The van der Waals surface area contributed by atoms with Crippen LogP contribution in [0.25, 0.3) is 11.0 Å². The normalized spacial score (nSPS) is 11.5. The highest BCUT2D eigenvalue weighted by atomic mass is 16.3. The lowest BCUT2D eigenvalue weighted by atomic mass is 10.2. The number of phenols is 1. The first-order valence-electron chi connectivity index (χ1n) is 5.16. The summed E-state index contributed by atoms with van der Waals surface area (Å²) >= 11 is 0. The van der Waals surface area contributed by atoms with Crippen molar-refractivity contribution in [1.82, 2.24) is 9.55 Å². The van der Waals surface area contributed by atoms with Crippen LogP contribution in [0, 0.1) is 6.92 Å². The average Bonchev–Trinajstić information content (AvgIpc) is 2.46. The van der Waals surface area contributed by atoms with E-state index in [-0.39, 0.29) is 0 Å². The van der Waals surface area contributed by atoms with Gasteiger partial charge in [-0.15, -0.1) is 0 Å². The fraction of sp³-hybridized carbons (Fsp3) is 0.417. The average molecular weight is 204 g/mol. The van der Waals surface area contributed by atoms with Gasteiger partial charge in [0.15, 0.2) is 0 Å². The van der Waals surface area contributed by atoms with E-state index in [0.717, 1.165) is 22.4 Å². The highest BCUT2D eigenvalue weighted by molar-refractivity contribution is 5.79. The number of hydrogen-bond donors (Lipinski definition) is 1. The Balaban J connectivity index is 2.77. The maximum atomic E-state index is 9.65. The van der Waals surface area contributed by atoms with Crippen molar-refractivity contribution >= 4 is 11.0 Å². The number of phenolic OH excluding ortho intramolecular Hbond substituents is 1. The largest absolute Gasteiger partial charge is 0.508 e. The van der Waals surface area contributed by atoms with Gasteiger partial charge in [-0.2, -0.15) is 0 Å². The monoisotopic (exact) mass is 204 g/mol. The van der Waals surface area contributed by atoms with E-state index in [4.69, 9.17) is 0 Å². The van der Waals surface area contributed by atoms with Crippen LogP contribution < -0.4 is 0 Å². The molecule has 3 heteroatoms. The standard InChI is InChI=1S/C12H16N2O/c1-7(2)12-13-9-5-8(3)11(15)6-10(9)14(12)4/h5-7,15H,1-4H3. The molecule has 0 fully saturated rings. The summed E-state index contributed by atoms with van der Waals surface area (Å²) < 4.78 is 2.04. The predicted octanol–water partition coefficient (Wildman–Crippen LogP) is 2.71. The van der Waals surface area contributed by atoms with Crippen LogP contribution in [0.4, 0.5) is 0 Å². The number of rotatable bonds is 1.